The summed E-state index contributed by atoms with van der Waals surface area (Å²) in [5.74, 6) is 0. The van der Waals surface area contributed by atoms with Crippen LogP contribution in [0.3, 0.4) is 0 Å². The molecule has 3 nitrogen and oxygen atoms in total. The Morgan fingerprint density at radius 2 is 1.83 bits per heavy atom. The molecule has 0 bridgehead atoms. The summed E-state index contributed by atoms with van der Waals surface area (Å²) in [4.78, 5) is 2.45. The van der Waals surface area contributed by atoms with Gasteiger partial charge in [-0.05, 0) is 49.1 Å². The van der Waals surface area contributed by atoms with Gasteiger partial charge in [-0.3, -0.25) is 0 Å². The maximum atomic E-state index is 6.09. The minimum Gasteiger partial charge on any atom is -0.372 e. The number of hydrogen-bond acceptors (Lipinski definition) is 3. The first-order chi connectivity index (χ1) is 11.9. The van der Waals surface area contributed by atoms with E-state index in [0.29, 0.717) is 18.8 Å². The summed E-state index contributed by atoms with van der Waals surface area (Å²) in [6, 6.07) is 20.1. The molecule has 0 aromatic heterocycles. The molecule has 2 saturated heterocycles. The van der Waals surface area contributed by atoms with E-state index in [-0.39, 0.29) is 0 Å². The van der Waals surface area contributed by atoms with E-state index in [1.165, 1.54) is 29.7 Å². The highest BCUT2D eigenvalue weighted by molar-refractivity contribution is 5.49. The van der Waals surface area contributed by atoms with Crippen LogP contribution in [-0.2, 0) is 11.3 Å². The van der Waals surface area contributed by atoms with E-state index in [2.05, 4.69) is 58.7 Å². The summed E-state index contributed by atoms with van der Waals surface area (Å²) < 4.78 is 6.09. The van der Waals surface area contributed by atoms with Crippen molar-refractivity contribution < 1.29 is 4.74 Å². The molecule has 0 spiro atoms. The van der Waals surface area contributed by atoms with Crippen LogP contribution in [-0.4, -0.2) is 25.7 Å². The van der Waals surface area contributed by atoms with Crippen molar-refractivity contribution in [2.75, 3.05) is 24.5 Å². The lowest BCUT2D eigenvalue weighted by Gasteiger charge is -2.20. The summed E-state index contributed by atoms with van der Waals surface area (Å²) in [6.07, 6.45) is 4.00. The molecule has 2 aliphatic rings. The molecule has 24 heavy (non-hydrogen) atoms. The van der Waals surface area contributed by atoms with Crippen molar-refractivity contribution >= 4 is 5.69 Å². The normalized spacial score (nSPS) is 23.8. The van der Waals surface area contributed by atoms with Crippen molar-refractivity contribution in [1.82, 2.24) is 5.32 Å². The van der Waals surface area contributed by atoms with Gasteiger partial charge in [0.1, 0.15) is 0 Å². The van der Waals surface area contributed by atoms with Crippen LogP contribution < -0.4 is 10.2 Å². The monoisotopic (exact) mass is 322 g/mol. The van der Waals surface area contributed by atoms with E-state index in [9.17, 15) is 0 Å². The Morgan fingerprint density at radius 1 is 1.00 bits per heavy atom. The minimum atomic E-state index is 0.335. The smallest absolute Gasteiger partial charge is 0.0771 e. The van der Waals surface area contributed by atoms with Crippen LogP contribution >= 0.6 is 0 Å². The van der Waals surface area contributed by atoms with E-state index in [1.807, 2.05) is 6.07 Å². The zero-order valence-electron chi connectivity index (χ0n) is 14.2. The van der Waals surface area contributed by atoms with Crippen LogP contribution in [0.25, 0.3) is 0 Å². The molecule has 4 rings (SSSR count). The van der Waals surface area contributed by atoms with Gasteiger partial charge < -0.3 is 15.0 Å². The van der Waals surface area contributed by atoms with E-state index >= 15 is 0 Å². The molecule has 126 valence electrons. The highest BCUT2D eigenvalue weighted by Gasteiger charge is 2.23. The van der Waals surface area contributed by atoms with Crippen molar-refractivity contribution in [3.05, 3.63) is 65.7 Å². The van der Waals surface area contributed by atoms with Crippen molar-refractivity contribution in [1.29, 1.82) is 0 Å². The molecule has 0 radical (unpaired) electrons. The van der Waals surface area contributed by atoms with Crippen molar-refractivity contribution in [3.8, 4) is 0 Å². The number of rotatable bonds is 5. The lowest BCUT2D eigenvalue weighted by Crippen LogP contribution is -2.23. The summed E-state index contributed by atoms with van der Waals surface area (Å²) in [5, 5.41) is 3.57. The maximum absolute atomic E-state index is 6.09. The van der Waals surface area contributed by atoms with Crippen LogP contribution in [0.1, 0.15) is 36.4 Å². The molecule has 1 N–H and O–H groups in total. The molecule has 2 fully saturated rings. The Hall–Kier alpha value is -1.84. The molecule has 3 heteroatoms. The van der Waals surface area contributed by atoms with Crippen LogP contribution in [0.2, 0.25) is 0 Å². The first-order valence-electron chi connectivity index (χ1n) is 9.12. The SMILES string of the molecule is c1ccc(CO[C@@H]2CCN(c3ccc(C4CCCN4)cc3)C2)cc1. The van der Waals surface area contributed by atoms with Crippen LogP contribution in [0, 0.1) is 0 Å². The molecule has 0 saturated carbocycles. The second kappa shape index (κ2) is 7.37. The fraction of sp³-hybridized carbons (Fsp3) is 0.429. The Labute approximate surface area is 144 Å². The summed E-state index contributed by atoms with van der Waals surface area (Å²) in [5.41, 5.74) is 4.00. The van der Waals surface area contributed by atoms with Gasteiger partial charge in [0.2, 0.25) is 0 Å². The van der Waals surface area contributed by atoms with Gasteiger partial charge in [0, 0.05) is 24.8 Å². The zero-order chi connectivity index (χ0) is 16.2. The minimum absolute atomic E-state index is 0.335. The second-order valence-electron chi connectivity index (χ2n) is 6.89. The lowest BCUT2D eigenvalue weighted by molar-refractivity contribution is 0.0553. The average molecular weight is 322 g/mol. The van der Waals surface area contributed by atoms with Crippen LogP contribution in [0.5, 0.6) is 0 Å². The number of nitrogens with one attached hydrogen (secondary N) is 1. The summed E-state index contributed by atoms with van der Waals surface area (Å²) in [6.45, 7) is 3.94. The topological polar surface area (TPSA) is 24.5 Å². The highest BCUT2D eigenvalue weighted by atomic mass is 16.5. The van der Waals surface area contributed by atoms with Gasteiger partial charge in [-0.2, -0.15) is 0 Å². The van der Waals surface area contributed by atoms with Crippen molar-refractivity contribution in [3.63, 3.8) is 0 Å². The first kappa shape index (κ1) is 15.7. The van der Waals surface area contributed by atoms with Crippen LogP contribution in [0.4, 0.5) is 5.69 Å². The van der Waals surface area contributed by atoms with E-state index in [0.717, 1.165) is 26.1 Å². The molecule has 0 amide bonds. The van der Waals surface area contributed by atoms with Crippen LogP contribution in [0.15, 0.2) is 54.6 Å². The van der Waals surface area contributed by atoms with Gasteiger partial charge in [0.25, 0.3) is 0 Å². The fourth-order valence-electron chi connectivity index (χ4n) is 3.77. The third-order valence-corrected chi connectivity index (χ3v) is 5.19. The molecule has 2 heterocycles. The number of ether oxygens (including phenoxy) is 1. The molecular formula is C21H26N2O. The zero-order valence-corrected chi connectivity index (χ0v) is 14.2. The Balaban J connectivity index is 1.31. The van der Waals surface area contributed by atoms with Gasteiger partial charge in [-0.1, -0.05) is 42.5 Å². The number of benzene rings is 2. The number of nitrogens with zero attached hydrogens (tertiary/aromatic N) is 1. The Bertz CT molecular complexity index is 635. The second-order valence-corrected chi connectivity index (χ2v) is 6.89. The van der Waals surface area contributed by atoms with Crippen molar-refractivity contribution in [2.45, 2.75) is 38.0 Å². The van der Waals surface area contributed by atoms with Gasteiger partial charge in [0.05, 0.1) is 12.7 Å². The number of anilines is 1. The largest absolute Gasteiger partial charge is 0.372 e. The Kier molecular flexibility index (Phi) is 4.81. The quantitative estimate of drug-likeness (QED) is 0.903. The molecule has 2 atom stereocenters. The predicted molar refractivity (Wildman–Crippen MR) is 98.3 cm³/mol. The predicted octanol–water partition coefficient (Wildman–Crippen LogP) is 3.91. The average Bonchev–Trinajstić information content (AvgIpc) is 3.33. The molecule has 1 unspecified atom stereocenters. The summed E-state index contributed by atoms with van der Waals surface area (Å²) in [7, 11) is 0. The van der Waals surface area contributed by atoms with Gasteiger partial charge in [-0.25, -0.2) is 0 Å². The van der Waals surface area contributed by atoms with Gasteiger partial charge in [-0.15, -0.1) is 0 Å². The third kappa shape index (κ3) is 3.63. The molecule has 2 aromatic rings. The molecular weight excluding hydrogens is 296 g/mol. The fourth-order valence-corrected chi connectivity index (χ4v) is 3.77. The van der Waals surface area contributed by atoms with Gasteiger partial charge >= 0.3 is 0 Å². The molecule has 2 aromatic carbocycles. The third-order valence-electron chi connectivity index (χ3n) is 5.19. The van der Waals surface area contributed by atoms with Gasteiger partial charge in [0.15, 0.2) is 0 Å². The standard InChI is InChI=1S/C21H26N2O/c1-2-5-17(6-3-1)16-24-20-12-14-23(15-20)19-10-8-18(9-11-19)21-7-4-13-22-21/h1-3,5-6,8-11,20-22H,4,7,12-16H2/t20-,21?/m1/s1. The first-order valence-corrected chi connectivity index (χ1v) is 9.12. The van der Waals surface area contributed by atoms with Crippen molar-refractivity contribution in [2.24, 2.45) is 0 Å². The van der Waals surface area contributed by atoms with E-state index in [4.69, 9.17) is 4.74 Å². The maximum Gasteiger partial charge on any atom is 0.0771 e. The highest BCUT2D eigenvalue weighted by Crippen LogP contribution is 2.27. The Morgan fingerprint density at radius 3 is 2.58 bits per heavy atom. The van der Waals surface area contributed by atoms with E-state index in [1.54, 1.807) is 0 Å². The molecule has 2 aliphatic heterocycles. The summed E-state index contributed by atoms with van der Waals surface area (Å²) >= 11 is 0. The lowest BCUT2D eigenvalue weighted by atomic mass is 10.1. The number of hydrogen-bond donors (Lipinski definition) is 1. The molecule has 0 aliphatic carbocycles. The van der Waals surface area contributed by atoms with E-state index < -0.39 is 0 Å².